The molecule has 1 heterocycles. The fourth-order valence-corrected chi connectivity index (χ4v) is 3.09. The summed E-state index contributed by atoms with van der Waals surface area (Å²) in [5.41, 5.74) is 8.87. The van der Waals surface area contributed by atoms with Crippen molar-refractivity contribution in [1.82, 2.24) is 4.90 Å². The van der Waals surface area contributed by atoms with E-state index in [0.717, 1.165) is 16.1 Å². The van der Waals surface area contributed by atoms with E-state index in [2.05, 4.69) is 11.0 Å². The molecule has 0 saturated heterocycles. The average Bonchev–Trinajstić information content (AvgIpc) is 2.80. The highest BCUT2D eigenvalue weighted by Gasteiger charge is 2.30. The third kappa shape index (κ3) is 2.33. The number of benzene rings is 2. The molecule has 4 heteroatoms. The largest absolute Gasteiger partial charge is 0.329 e. The average molecular weight is 291 g/mol. The number of nitrogens with zero attached hydrogens (tertiary/aromatic N) is 1. The van der Waals surface area contributed by atoms with Crippen LogP contribution in [0.25, 0.3) is 0 Å². The maximum atomic E-state index is 13.8. The first-order chi connectivity index (χ1) is 9.70. The molecule has 2 aromatic rings. The van der Waals surface area contributed by atoms with Crippen LogP contribution in [0.2, 0.25) is 5.02 Å². The first-order valence-electron chi connectivity index (χ1n) is 6.65. The molecule has 1 aliphatic rings. The number of nitrogens with two attached hydrogens (primary N) is 1. The fourth-order valence-electron chi connectivity index (χ4n) is 2.85. The molecule has 2 nitrogen and oxygen atoms in total. The van der Waals surface area contributed by atoms with Gasteiger partial charge in [0.2, 0.25) is 0 Å². The van der Waals surface area contributed by atoms with Crippen LogP contribution in [0.1, 0.15) is 22.7 Å². The summed E-state index contributed by atoms with van der Waals surface area (Å²) in [6, 6.07) is 12.8. The molecule has 0 aliphatic carbocycles. The van der Waals surface area contributed by atoms with E-state index in [4.69, 9.17) is 17.3 Å². The van der Waals surface area contributed by atoms with Gasteiger partial charge in [-0.05, 0) is 23.3 Å². The molecule has 104 valence electrons. The SMILES string of the molecule is NCC1c2cccc(Cl)c2CN1Cc1ccccc1F. The summed E-state index contributed by atoms with van der Waals surface area (Å²) in [6.07, 6.45) is 0. The van der Waals surface area contributed by atoms with E-state index in [1.165, 1.54) is 6.07 Å². The highest BCUT2D eigenvalue weighted by atomic mass is 35.5. The molecule has 1 unspecified atom stereocenters. The lowest BCUT2D eigenvalue weighted by Gasteiger charge is -2.24. The quantitative estimate of drug-likeness (QED) is 0.937. The van der Waals surface area contributed by atoms with Crippen LogP contribution in [0.15, 0.2) is 42.5 Å². The molecule has 0 spiro atoms. The number of halogens is 2. The zero-order chi connectivity index (χ0) is 14.1. The van der Waals surface area contributed by atoms with Crippen LogP contribution in [0, 0.1) is 5.82 Å². The number of hydrogen-bond acceptors (Lipinski definition) is 2. The van der Waals surface area contributed by atoms with E-state index >= 15 is 0 Å². The van der Waals surface area contributed by atoms with Gasteiger partial charge in [-0.3, -0.25) is 4.90 Å². The summed E-state index contributed by atoms with van der Waals surface area (Å²) in [7, 11) is 0. The summed E-state index contributed by atoms with van der Waals surface area (Å²) in [6.45, 7) is 1.76. The van der Waals surface area contributed by atoms with Gasteiger partial charge in [0.1, 0.15) is 5.82 Å². The Morgan fingerprint density at radius 3 is 2.75 bits per heavy atom. The van der Waals surface area contributed by atoms with Crippen molar-refractivity contribution in [2.45, 2.75) is 19.1 Å². The van der Waals surface area contributed by atoms with E-state index in [-0.39, 0.29) is 11.9 Å². The maximum absolute atomic E-state index is 13.8. The Bertz CT molecular complexity index is 630. The monoisotopic (exact) mass is 290 g/mol. The minimum absolute atomic E-state index is 0.100. The Kier molecular flexibility index (Phi) is 3.74. The van der Waals surface area contributed by atoms with E-state index in [1.807, 2.05) is 24.3 Å². The van der Waals surface area contributed by atoms with Crippen molar-refractivity contribution in [2.24, 2.45) is 5.73 Å². The van der Waals surface area contributed by atoms with Crippen molar-refractivity contribution in [3.63, 3.8) is 0 Å². The summed E-state index contributed by atoms with van der Waals surface area (Å²) < 4.78 is 13.8. The summed E-state index contributed by atoms with van der Waals surface area (Å²) >= 11 is 6.25. The van der Waals surface area contributed by atoms with Gasteiger partial charge in [-0.2, -0.15) is 0 Å². The second-order valence-electron chi connectivity index (χ2n) is 5.06. The summed E-state index contributed by atoms with van der Waals surface area (Å²) in [5.74, 6) is -0.176. The van der Waals surface area contributed by atoms with Crippen molar-refractivity contribution in [2.75, 3.05) is 6.54 Å². The molecule has 20 heavy (non-hydrogen) atoms. The van der Waals surface area contributed by atoms with Crippen molar-refractivity contribution in [3.8, 4) is 0 Å². The van der Waals surface area contributed by atoms with E-state index in [9.17, 15) is 4.39 Å². The highest BCUT2D eigenvalue weighted by molar-refractivity contribution is 6.31. The normalized spacial score (nSPS) is 18.2. The van der Waals surface area contributed by atoms with Gasteiger partial charge in [-0.15, -0.1) is 0 Å². The summed E-state index contributed by atoms with van der Waals surface area (Å²) in [4.78, 5) is 2.18. The Labute approximate surface area is 123 Å². The van der Waals surface area contributed by atoms with Crippen LogP contribution >= 0.6 is 11.6 Å². The summed E-state index contributed by atoms with van der Waals surface area (Å²) in [5, 5.41) is 0.761. The molecule has 0 fully saturated rings. The molecule has 2 aromatic carbocycles. The molecule has 1 atom stereocenters. The standard InChI is InChI=1S/C16H16ClFN2/c17-14-6-3-5-12-13(14)10-20(16(12)8-19)9-11-4-1-2-7-15(11)18/h1-7,16H,8-10,19H2. The Morgan fingerprint density at radius 2 is 2.00 bits per heavy atom. The predicted molar refractivity (Wildman–Crippen MR) is 78.9 cm³/mol. The third-order valence-electron chi connectivity index (χ3n) is 3.87. The van der Waals surface area contributed by atoms with Gasteiger partial charge in [-0.25, -0.2) is 4.39 Å². The van der Waals surface area contributed by atoms with Gasteiger partial charge in [0.15, 0.2) is 0 Å². The lowest BCUT2D eigenvalue weighted by atomic mass is 10.0. The van der Waals surface area contributed by atoms with Crippen molar-refractivity contribution in [3.05, 3.63) is 70.0 Å². The molecule has 0 aromatic heterocycles. The molecule has 0 saturated carbocycles. The van der Waals surface area contributed by atoms with Crippen LogP contribution < -0.4 is 5.73 Å². The molecular weight excluding hydrogens is 275 g/mol. The second kappa shape index (κ2) is 5.52. The number of hydrogen-bond donors (Lipinski definition) is 1. The lowest BCUT2D eigenvalue weighted by Crippen LogP contribution is -2.27. The Balaban J connectivity index is 1.90. The van der Waals surface area contributed by atoms with Crippen molar-refractivity contribution in [1.29, 1.82) is 0 Å². The third-order valence-corrected chi connectivity index (χ3v) is 4.22. The van der Waals surface area contributed by atoms with Gasteiger partial charge in [0.05, 0.1) is 0 Å². The minimum Gasteiger partial charge on any atom is -0.329 e. The number of fused-ring (bicyclic) bond motifs is 1. The first-order valence-corrected chi connectivity index (χ1v) is 7.03. The van der Waals surface area contributed by atoms with E-state index in [0.29, 0.717) is 25.2 Å². The predicted octanol–water partition coefficient (Wildman–Crippen LogP) is 3.49. The van der Waals surface area contributed by atoms with Crippen LogP contribution in [-0.2, 0) is 13.1 Å². The second-order valence-corrected chi connectivity index (χ2v) is 5.46. The van der Waals surface area contributed by atoms with Gasteiger partial charge in [0, 0.05) is 36.3 Å². The topological polar surface area (TPSA) is 29.3 Å². The van der Waals surface area contributed by atoms with Crippen LogP contribution in [0.5, 0.6) is 0 Å². The van der Waals surface area contributed by atoms with Gasteiger partial charge in [-0.1, -0.05) is 41.9 Å². The van der Waals surface area contributed by atoms with Gasteiger partial charge in [0.25, 0.3) is 0 Å². The maximum Gasteiger partial charge on any atom is 0.127 e. The number of rotatable bonds is 3. The van der Waals surface area contributed by atoms with Gasteiger partial charge >= 0.3 is 0 Å². The van der Waals surface area contributed by atoms with Gasteiger partial charge < -0.3 is 5.73 Å². The van der Waals surface area contributed by atoms with Crippen molar-refractivity contribution < 1.29 is 4.39 Å². The van der Waals surface area contributed by atoms with E-state index < -0.39 is 0 Å². The molecular formula is C16H16ClFN2. The first kappa shape index (κ1) is 13.6. The molecule has 1 aliphatic heterocycles. The Morgan fingerprint density at radius 1 is 1.20 bits per heavy atom. The smallest absolute Gasteiger partial charge is 0.127 e. The molecule has 0 amide bonds. The molecule has 3 rings (SSSR count). The van der Waals surface area contributed by atoms with Crippen molar-refractivity contribution >= 4 is 11.6 Å². The molecule has 0 bridgehead atoms. The van der Waals surface area contributed by atoms with Crippen LogP contribution in [-0.4, -0.2) is 11.4 Å². The lowest BCUT2D eigenvalue weighted by molar-refractivity contribution is 0.208. The van der Waals surface area contributed by atoms with E-state index in [1.54, 1.807) is 6.07 Å². The van der Waals surface area contributed by atoms with Crippen LogP contribution in [0.3, 0.4) is 0 Å². The highest BCUT2D eigenvalue weighted by Crippen LogP contribution is 2.37. The van der Waals surface area contributed by atoms with Crippen LogP contribution in [0.4, 0.5) is 4.39 Å². The minimum atomic E-state index is -0.176. The zero-order valence-corrected chi connectivity index (χ0v) is 11.8. The molecule has 0 radical (unpaired) electrons. The zero-order valence-electron chi connectivity index (χ0n) is 11.0. The Hall–Kier alpha value is -1.42. The molecule has 2 N–H and O–H groups in total. The fraction of sp³-hybridized carbons (Fsp3) is 0.250.